The van der Waals surface area contributed by atoms with Gasteiger partial charge in [-0.05, 0) is 25.8 Å². The van der Waals surface area contributed by atoms with Gasteiger partial charge in [-0.1, -0.05) is 77.6 Å². The van der Waals surface area contributed by atoms with Crippen LogP contribution in [0.5, 0.6) is 0 Å². The predicted molar refractivity (Wildman–Crippen MR) is 123 cm³/mol. The minimum atomic E-state index is -4.45. The molecule has 0 saturated carbocycles. The van der Waals surface area contributed by atoms with Gasteiger partial charge >= 0.3 is 15.6 Å². The van der Waals surface area contributed by atoms with E-state index in [9.17, 15) is 9.13 Å². The Morgan fingerprint density at radius 3 is 1.23 bits per heavy atom. The molecule has 0 spiro atoms. The maximum Gasteiger partial charge on any atom is 0.469 e. The fraction of sp³-hybridized carbons (Fsp3) is 1.00. The Hall–Kier alpha value is 0.180. The van der Waals surface area contributed by atoms with Gasteiger partial charge in [-0.15, -0.1) is 0 Å². The van der Waals surface area contributed by atoms with Crippen molar-refractivity contribution in [2.75, 3.05) is 32.8 Å². The Morgan fingerprint density at radius 2 is 0.871 bits per heavy atom. The van der Waals surface area contributed by atoms with Crippen LogP contribution < -0.4 is 0 Å². The zero-order valence-corrected chi connectivity index (χ0v) is 21.0. The van der Waals surface area contributed by atoms with Crippen molar-refractivity contribution in [3.8, 4) is 0 Å². The van der Waals surface area contributed by atoms with Gasteiger partial charge < -0.3 is 24.5 Å². The lowest BCUT2D eigenvalue weighted by atomic mass is 10.1. The molecule has 0 bridgehead atoms. The number of phosphoric acid groups is 2. The normalized spacial score (nSPS) is 12.7. The van der Waals surface area contributed by atoms with Crippen molar-refractivity contribution in [1.82, 2.24) is 4.90 Å². The third kappa shape index (κ3) is 26.3. The van der Waals surface area contributed by atoms with Crippen molar-refractivity contribution in [1.29, 1.82) is 0 Å². The topological polar surface area (TPSA) is 137 Å². The van der Waals surface area contributed by atoms with Gasteiger partial charge in [0, 0.05) is 13.1 Å². The summed E-state index contributed by atoms with van der Waals surface area (Å²) in [5.74, 6) is 0. The molecule has 0 fully saturated rings. The van der Waals surface area contributed by atoms with Crippen molar-refractivity contribution in [3.05, 3.63) is 0 Å². The first-order chi connectivity index (χ1) is 14.6. The lowest BCUT2D eigenvalue weighted by Crippen LogP contribution is -2.28. The fourth-order valence-electron chi connectivity index (χ4n) is 3.46. The molecule has 0 radical (unpaired) electrons. The van der Waals surface area contributed by atoms with Crippen LogP contribution in [0.25, 0.3) is 0 Å². The van der Waals surface area contributed by atoms with Gasteiger partial charge in [-0.3, -0.25) is 9.05 Å². The highest BCUT2D eigenvalue weighted by atomic mass is 31.2. The van der Waals surface area contributed by atoms with Gasteiger partial charge in [-0.25, -0.2) is 9.13 Å². The third-order valence-corrected chi connectivity index (χ3v) is 6.12. The van der Waals surface area contributed by atoms with E-state index in [4.69, 9.17) is 19.6 Å². The molecule has 0 unspecified atom stereocenters. The summed E-state index contributed by atoms with van der Waals surface area (Å²) < 4.78 is 30.5. The lowest BCUT2D eigenvalue weighted by molar-refractivity contribution is 0.165. The predicted octanol–water partition coefficient (Wildman–Crippen LogP) is 4.99. The molecule has 0 amide bonds. The van der Waals surface area contributed by atoms with E-state index >= 15 is 0 Å². The SMILES string of the molecule is CCCCCCCCCCCCCCN(CCCOP(=O)(O)O)CCCOP(=O)(O)O. The number of nitrogens with zero attached hydrogens (tertiary/aromatic N) is 1. The first kappa shape index (κ1) is 31.2. The molecule has 0 aliphatic rings. The Labute approximate surface area is 188 Å². The Balaban J connectivity index is 3.88. The van der Waals surface area contributed by atoms with Crippen molar-refractivity contribution in [3.63, 3.8) is 0 Å². The van der Waals surface area contributed by atoms with Crippen LogP contribution in [-0.4, -0.2) is 57.3 Å². The maximum atomic E-state index is 10.7. The summed E-state index contributed by atoms with van der Waals surface area (Å²) in [6.07, 6.45) is 16.2. The van der Waals surface area contributed by atoms with Gasteiger partial charge in [0.05, 0.1) is 13.2 Å². The van der Waals surface area contributed by atoms with Crippen LogP contribution in [0.15, 0.2) is 0 Å². The molecule has 0 heterocycles. The summed E-state index contributed by atoms with van der Waals surface area (Å²) in [6, 6.07) is 0. The second kappa shape index (κ2) is 19.6. The molecule has 31 heavy (non-hydrogen) atoms. The minimum absolute atomic E-state index is 0.0296. The van der Waals surface area contributed by atoms with Crippen LogP contribution in [0.3, 0.4) is 0 Å². The van der Waals surface area contributed by atoms with E-state index < -0.39 is 15.6 Å². The van der Waals surface area contributed by atoms with E-state index in [0.717, 1.165) is 19.4 Å². The zero-order chi connectivity index (χ0) is 23.4. The van der Waals surface area contributed by atoms with E-state index in [1.807, 2.05) is 0 Å². The molecule has 0 aromatic heterocycles. The molecular weight excluding hydrogens is 444 g/mol. The van der Waals surface area contributed by atoms with Crippen LogP contribution in [0, 0.1) is 0 Å². The molecule has 0 aromatic rings. The lowest BCUT2D eigenvalue weighted by Gasteiger charge is -2.22. The summed E-state index contributed by atoms with van der Waals surface area (Å²) in [4.78, 5) is 37.1. The Morgan fingerprint density at radius 1 is 0.548 bits per heavy atom. The van der Waals surface area contributed by atoms with E-state index in [0.29, 0.717) is 25.9 Å². The molecule has 0 rings (SSSR count). The molecular formula is C20H45NO8P2. The van der Waals surface area contributed by atoms with Crippen LogP contribution in [0.1, 0.15) is 96.8 Å². The van der Waals surface area contributed by atoms with Crippen LogP contribution in [0.4, 0.5) is 0 Å². The molecule has 0 aromatic carbocycles. The van der Waals surface area contributed by atoms with Crippen molar-refractivity contribution < 1.29 is 37.8 Å². The zero-order valence-electron chi connectivity index (χ0n) is 19.2. The Bertz CT molecular complexity index is 468. The summed E-state index contributed by atoms with van der Waals surface area (Å²) in [5, 5.41) is 0. The van der Waals surface area contributed by atoms with E-state index in [1.54, 1.807) is 0 Å². The molecule has 4 N–H and O–H groups in total. The maximum absolute atomic E-state index is 10.7. The molecule has 11 heteroatoms. The van der Waals surface area contributed by atoms with E-state index in [1.165, 1.54) is 64.2 Å². The standard InChI is InChI=1S/C20H45NO8P2/c1-2-3-4-5-6-7-8-9-10-11-12-13-16-21(17-14-19-28-30(22,23)24)18-15-20-29-31(25,26)27/h2-20H2,1H3,(H2,22,23,24)(H2,25,26,27). The van der Waals surface area contributed by atoms with E-state index in [2.05, 4.69) is 20.9 Å². The van der Waals surface area contributed by atoms with Gasteiger partial charge in [0.15, 0.2) is 0 Å². The third-order valence-electron chi connectivity index (χ3n) is 5.08. The summed E-state index contributed by atoms with van der Waals surface area (Å²) in [6.45, 7) is 4.22. The first-order valence-electron chi connectivity index (χ1n) is 11.8. The molecule has 0 aliphatic heterocycles. The van der Waals surface area contributed by atoms with Gasteiger partial charge in [0.2, 0.25) is 0 Å². The summed E-state index contributed by atoms with van der Waals surface area (Å²) in [7, 11) is -8.89. The van der Waals surface area contributed by atoms with Gasteiger partial charge in [-0.2, -0.15) is 0 Å². The molecule has 0 saturated heterocycles. The van der Waals surface area contributed by atoms with Crippen molar-refractivity contribution in [2.24, 2.45) is 0 Å². The molecule has 188 valence electrons. The number of rotatable bonds is 23. The van der Waals surface area contributed by atoms with Crippen molar-refractivity contribution in [2.45, 2.75) is 96.8 Å². The van der Waals surface area contributed by atoms with Gasteiger partial charge in [0.25, 0.3) is 0 Å². The summed E-state index contributed by atoms with van der Waals surface area (Å²) in [5.41, 5.74) is 0. The molecule has 0 atom stereocenters. The average Bonchev–Trinajstić information content (AvgIpc) is 2.67. The van der Waals surface area contributed by atoms with Crippen LogP contribution in [0.2, 0.25) is 0 Å². The quantitative estimate of drug-likeness (QED) is 0.116. The molecule has 0 aliphatic carbocycles. The van der Waals surface area contributed by atoms with Crippen LogP contribution >= 0.6 is 15.6 Å². The first-order valence-corrected chi connectivity index (χ1v) is 14.8. The summed E-state index contributed by atoms with van der Waals surface area (Å²) >= 11 is 0. The number of hydrogen-bond donors (Lipinski definition) is 4. The largest absolute Gasteiger partial charge is 0.469 e. The monoisotopic (exact) mass is 489 g/mol. The van der Waals surface area contributed by atoms with Gasteiger partial charge in [0.1, 0.15) is 0 Å². The smallest absolute Gasteiger partial charge is 0.303 e. The minimum Gasteiger partial charge on any atom is -0.303 e. The number of phosphoric ester groups is 2. The second-order valence-electron chi connectivity index (χ2n) is 8.09. The highest BCUT2D eigenvalue weighted by Gasteiger charge is 2.15. The number of unbranched alkanes of at least 4 members (excludes halogenated alkanes) is 11. The molecule has 9 nitrogen and oxygen atoms in total. The fourth-order valence-corrected chi connectivity index (χ4v) is 4.19. The highest BCUT2D eigenvalue weighted by Crippen LogP contribution is 2.36. The highest BCUT2D eigenvalue weighted by molar-refractivity contribution is 7.46. The van der Waals surface area contributed by atoms with Crippen molar-refractivity contribution >= 4 is 15.6 Å². The second-order valence-corrected chi connectivity index (χ2v) is 10.6. The average molecular weight is 490 g/mol. The van der Waals surface area contributed by atoms with E-state index in [-0.39, 0.29) is 13.2 Å². The number of hydrogen-bond acceptors (Lipinski definition) is 5. The van der Waals surface area contributed by atoms with Crippen LogP contribution in [-0.2, 0) is 18.2 Å². The Kier molecular flexibility index (Phi) is 19.7.